The number of ketones is 1. The molecule has 2 saturated carbocycles. The van der Waals surface area contributed by atoms with Gasteiger partial charge in [0.25, 0.3) is 0 Å². The van der Waals surface area contributed by atoms with Gasteiger partial charge in [-0.3, -0.25) is 24.1 Å². The van der Waals surface area contributed by atoms with E-state index in [1.165, 1.54) is 0 Å². The number of hydrogen-bond donors (Lipinski definition) is 0. The van der Waals surface area contributed by atoms with Crippen molar-refractivity contribution < 1.29 is 23.9 Å². The number of benzene rings is 1. The third-order valence-electron chi connectivity index (χ3n) is 6.57. The first kappa shape index (κ1) is 17.8. The van der Waals surface area contributed by atoms with Crippen LogP contribution in [0.2, 0.25) is 0 Å². The van der Waals surface area contributed by atoms with E-state index >= 15 is 0 Å². The number of hydrogen-bond acceptors (Lipinski definition) is 5. The van der Waals surface area contributed by atoms with Gasteiger partial charge in [-0.1, -0.05) is 40.2 Å². The normalized spacial score (nSPS) is 34.2. The average molecular weight is 444 g/mol. The molecule has 6 unspecified atom stereocenters. The van der Waals surface area contributed by atoms with Gasteiger partial charge in [0.15, 0.2) is 12.4 Å². The van der Waals surface area contributed by atoms with Crippen molar-refractivity contribution in [1.82, 2.24) is 4.90 Å². The van der Waals surface area contributed by atoms with Gasteiger partial charge in [-0.25, -0.2) is 0 Å². The fourth-order valence-electron chi connectivity index (χ4n) is 5.21. The Bertz CT molecular complexity index is 887. The summed E-state index contributed by atoms with van der Waals surface area (Å²) < 4.78 is 5.88. The first-order valence-electron chi connectivity index (χ1n) is 9.43. The summed E-state index contributed by atoms with van der Waals surface area (Å²) in [5.41, 5.74) is 0.428. The number of nitrogens with zero attached hydrogens (tertiary/aromatic N) is 1. The van der Waals surface area contributed by atoms with Gasteiger partial charge < -0.3 is 4.74 Å². The van der Waals surface area contributed by atoms with Crippen LogP contribution >= 0.6 is 15.9 Å². The molecule has 1 aromatic rings. The maximum Gasteiger partial charge on any atom is 0.326 e. The fourth-order valence-corrected chi connectivity index (χ4v) is 5.48. The highest BCUT2D eigenvalue weighted by molar-refractivity contribution is 9.10. The topological polar surface area (TPSA) is 80.8 Å². The zero-order chi connectivity index (χ0) is 19.6. The van der Waals surface area contributed by atoms with E-state index in [1.807, 2.05) is 0 Å². The molecule has 6 rings (SSSR count). The average Bonchev–Trinajstić information content (AvgIpc) is 3.48. The molecule has 2 bridgehead atoms. The Labute approximate surface area is 170 Å². The van der Waals surface area contributed by atoms with Gasteiger partial charge in [-0.05, 0) is 42.2 Å². The van der Waals surface area contributed by atoms with E-state index in [9.17, 15) is 19.2 Å². The lowest BCUT2D eigenvalue weighted by atomic mass is 9.63. The molecular formula is C21H18BrNO5. The van der Waals surface area contributed by atoms with E-state index in [-0.39, 0.29) is 41.3 Å². The summed E-state index contributed by atoms with van der Waals surface area (Å²) in [7, 11) is 0. The van der Waals surface area contributed by atoms with Crippen molar-refractivity contribution in [3.8, 4) is 0 Å². The van der Waals surface area contributed by atoms with E-state index < -0.39 is 19.1 Å². The van der Waals surface area contributed by atoms with Crippen molar-refractivity contribution in [2.45, 2.75) is 6.42 Å². The summed E-state index contributed by atoms with van der Waals surface area (Å²) in [5.74, 6) is -0.995. The first-order valence-corrected chi connectivity index (χ1v) is 10.2. The van der Waals surface area contributed by atoms with Crippen LogP contribution in [-0.4, -0.2) is 41.6 Å². The summed E-state index contributed by atoms with van der Waals surface area (Å²) in [6.07, 6.45) is 5.27. The van der Waals surface area contributed by atoms with Crippen LogP contribution in [0.1, 0.15) is 16.8 Å². The molecule has 6 nitrogen and oxygen atoms in total. The molecule has 0 N–H and O–H groups in total. The van der Waals surface area contributed by atoms with Crippen molar-refractivity contribution in [3.63, 3.8) is 0 Å². The Kier molecular flexibility index (Phi) is 4.05. The highest BCUT2D eigenvalue weighted by atomic mass is 79.9. The molecule has 7 heteroatoms. The molecule has 6 atom stereocenters. The Morgan fingerprint density at radius 1 is 1.00 bits per heavy atom. The molecule has 1 saturated heterocycles. The number of imide groups is 1. The first-order chi connectivity index (χ1) is 13.5. The third kappa shape index (κ3) is 2.67. The summed E-state index contributed by atoms with van der Waals surface area (Å²) >= 11 is 3.29. The number of carbonyl (C=O) groups excluding carboxylic acids is 4. The summed E-state index contributed by atoms with van der Waals surface area (Å²) in [6.45, 7) is -0.840. The lowest BCUT2D eigenvalue weighted by Crippen LogP contribution is -2.40. The van der Waals surface area contributed by atoms with Crippen molar-refractivity contribution in [3.05, 3.63) is 46.5 Å². The molecule has 5 aliphatic rings. The van der Waals surface area contributed by atoms with Crippen molar-refractivity contribution in [2.75, 3.05) is 13.2 Å². The second-order valence-corrected chi connectivity index (χ2v) is 8.92. The van der Waals surface area contributed by atoms with Crippen LogP contribution in [0.5, 0.6) is 0 Å². The van der Waals surface area contributed by atoms with Gasteiger partial charge >= 0.3 is 5.97 Å². The smallest absolute Gasteiger partial charge is 0.326 e. The highest BCUT2D eigenvalue weighted by Gasteiger charge is 2.67. The number of likely N-dealkylation sites (tertiary alicyclic amines) is 1. The number of rotatable bonds is 5. The Hall–Kier alpha value is -2.28. The number of carbonyl (C=O) groups is 4. The molecule has 4 aliphatic carbocycles. The molecule has 144 valence electrons. The van der Waals surface area contributed by atoms with Crippen molar-refractivity contribution >= 4 is 39.5 Å². The molecule has 1 heterocycles. The maximum atomic E-state index is 12.8. The highest BCUT2D eigenvalue weighted by Crippen LogP contribution is 2.65. The monoisotopic (exact) mass is 443 g/mol. The van der Waals surface area contributed by atoms with Gasteiger partial charge in [0.1, 0.15) is 6.54 Å². The lowest BCUT2D eigenvalue weighted by Gasteiger charge is -2.37. The Balaban J connectivity index is 1.21. The van der Waals surface area contributed by atoms with E-state index in [0.717, 1.165) is 15.8 Å². The standard InChI is InChI=1S/C21H18BrNO5/c22-11-3-1-10(2-4-11)16(24)9-28-17(25)8-23-20(26)18-12-5-6-13(15-7-14(12)15)19(18)21(23)27/h1-6,12-15,18-19H,7-9H2. The van der Waals surface area contributed by atoms with E-state index in [0.29, 0.717) is 17.4 Å². The van der Waals surface area contributed by atoms with Gasteiger partial charge in [-0.2, -0.15) is 0 Å². The third-order valence-corrected chi connectivity index (χ3v) is 7.10. The molecule has 28 heavy (non-hydrogen) atoms. The van der Waals surface area contributed by atoms with Crippen LogP contribution in [0.4, 0.5) is 0 Å². The van der Waals surface area contributed by atoms with Crippen molar-refractivity contribution in [1.29, 1.82) is 0 Å². The number of amides is 2. The predicted molar refractivity (Wildman–Crippen MR) is 101 cm³/mol. The lowest BCUT2D eigenvalue weighted by molar-refractivity contribution is -0.152. The second kappa shape index (κ2) is 6.37. The molecule has 1 aliphatic heterocycles. The summed E-state index contributed by atoms with van der Waals surface area (Å²) in [5, 5.41) is 0. The Morgan fingerprint density at radius 2 is 1.57 bits per heavy atom. The number of allylic oxidation sites excluding steroid dienone is 2. The number of ether oxygens (including phenoxy) is 1. The minimum atomic E-state index is -0.740. The fraction of sp³-hybridized carbons (Fsp3) is 0.429. The largest absolute Gasteiger partial charge is 0.456 e. The second-order valence-electron chi connectivity index (χ2n) is 8.01. The number of Topliss-reactive ketones (excluding diaryl/α,β-unsaturated/α-hetero) is 1. The summed E-state index contributed by atoms with van der Waals surface area (Å²) in [4.78, 5) is 51.0. The van der Waals surface area contributed by atoms with Crippen LogP contribution in [-0.2, 0) is 19.1 Å². The molecule has 0 spiro atoms. The van der Waals surface area contributed by atoms with Crippen LogP contribution in [0.15, 0.2) is 40.9 Å². The van der Waals surface area contributed by atoms with E-state index in [1.54, 1.807) is 24.3 Å². The molecule has 0 radical (unpaired) electrons. The molecule has 0 aromatic heterocycles. The maximum absolute atomic E-state index is 12.8. The number of halogens is 1. The minimum Gasteiger partial charge on any atom is -0.456 e. The van der Waals surface area contributed by atoms with E-state index in [2.05, 4.69) is 28.1 Å². The molecule has 3 fully saturated rings. The zero-order valence-electron chi connectivity index (χ0n) is 14.9. The predicted octanol–water partition coefficient (Wildman–Crippen LogP) is 2.23. The molecule has 2 amide bonds. The van der Waals surface area contributed by atoms with Crippen LogP contribution < -0.4 is 0 Å². The Morgan fingerprint density at radius 3 is 2.14 bits per heavy atom. The van der Waals surface area contributed by atoms with Gasteiger partial charge in [-0.15, -0.1) is 0 Å². The van der Waals surface area contributed by atoms with Crippen molar-refractivity contribution in [2.24, 2.45) is 35.5 Å². The van der Waals surface area contributed by atoms with Crippen LogP contribution in [0.3, 0.4) is 0 Å². The zero-order valence-corrected chi connectivity index (χ0v) is 16.5. The van der Waals surface area contributed by atoms with Crippen LogP contribution in [0.25, 0.3) is 0 Å². The van der Waals surface area contributed by atoms with Crippen LogP contribution in [0, 0.1) is 35.5 Å². The van der Waals surface area contributed by atoms with Gasteiger partial charge in [0, 0.05) is 10.0 Å². The molecule has 1 aromatic carbocycles. The SMILES string of the molecule is O=C(CN1C(=O)C2C3C=CC(C4CC34)C2C1=O)OCC(=O)c1ccc(Br)cc1. The minimum absolute atomic E-state index is 0.122. The number of esters is 1. The quantitative estimate of drug-likeness (QED) is 0.301. The van der Waals surface area contributed by atoms with Gasteiger partial charge in [0.05, 0.1) is 11.8 Å². The van der Waals surface area contributed by atoms with Gasteiger partial charge in [0.2, 0.25) is 11.8 Å². The molecular weight excluding hydrogens is 426 g/mol. The van der Waals surface area contributed by atoms with E-state index in [4.69, 9.17) is 4.74 Å². The summed E-state index contributed by atoms with van der Waals surface area (Å²) in [6, 6.07) is 6.72.